The highest BCUT2D eigenvalue weighted by atomic mass is 16.3. The van der Waals surface area contributed by atoms with Crippen LogP contribution in [0.3, 0.4) is 0 Å². The Labute approximate surface area is 98.0 Å². The van der Waals surface area contributed by atoms with Crippen LogP contribution in [0.25, 0.3) is 0 Å². The molecule has 0 saturated heterocycles. The van der Waals surface area contributed by atoms with Gasteiger partial charge in [0.15, 0.2) is 0 Å². The van der Waals surface area contributed by atoms with Crippen LogP contribution < -0.4 is 5.32 Å². The van der Waals surface area contributed by atoms with Gasteiger partial charge < -0.3 is 10.4 Å². The summed E-state index contributed by atoms with van der Waals surface area (Å²) in [5.74, 6) is 0.551. The van der Waals surface area contributed by atoms with Gasteiger partial charge in [-0.05, 0) is 37.0 Å². The molecule has 0 radical (unpaired) electrons. The Kier molecular flexibility index (Phi) is 5.06. The molecule has 2 nitrogen and oxygen atoms in total. The number of allylic oxidation sites excluding steroid dienone is 1. The van der Waals surface area contributed by atoms with Crippen LogP contribution in [-0.4, -0.2) is 11.1 Å². The minimum atomic E-state index is 0.0894. The van der Waals surface area contributed by atoms with Crippen LogP contribution in [0.2, 0.25) is 0 Å². The first-order valence-corrected chi connectivity index (χ1v) is 5.74. The highest BCUT2D eigenvalue weighted by Gasteiger charge is 2.10. The van der Waals surface area contributed by atoms with Crippen LogP contribution in [0.4, 0.5) is 5.69 Å². The SMILES string of the molecule is C=CC[C@H](C)[C@H](C)Nc1cccc(CO)c1. The molecule has 2 atom stereocenters. The molecule has 1 rings (SSSR count). The summed E-state index contributed by atoms with van der Waals surface area (Å²) >= 11 is 0. The second-order valence-electron chi connectivity index (χ2n) is 4.29. The van der Waals surface area contributed by atoms with Gasteiger partial charge in [-0.1, -0.05) is 25.1 Å². The van der Waals surface area contributed by atoms with Gasteiger partial charge in [0.05, 0.1) is 6.61 Å². The third-order valence-corrected chi connectivity index (χ3v) is 2.90. The van der Waals surface area contributed by atoms with Crippen molar-refractivity contribution in [2.24, 2.45) is 5.92 Å². The van der Waals surface area contributed by atoms with Crippen molar-refractivity contribution in [3.63, 3.8) is 0 Å². The van der Waals surface area contributed by atoms with E-state index in [0.717, 1.165) is 17.7 Å². The average Bonchev–Trinajstić information content (AvgIpc) is 2.29. The predicted molar refractivity (Wildman–Crippen MR) is 69.4 cm³/mol. The molecule has 0 aliphatic rings. The highest BCUT2D eigenvalue weighted by molar-refractivity contribution is 5.46. The second-order valence-corrected chi connectivity index (χ2v) is 4.29. The summed E-state index contributed by atoms with van der Waals surface area (Å²) in [7, 11) is 0. The molecule has 2 heteroatoms. The standard InChI is InChI=1S/C14H21NO/c1-4-6-11(2)12(3)15-14-8-5-7-13(9-14)10-16/h4-5,7-9,11-12,15-16H,1,6,10H2,2-3H3/t11-,12-/m0/s1. The van der Waals surface area contributed by atoms with Gasteiger partial charge in [0, 0.05) is 11.7 Å². The fourth-order valence-corrected chi connectivity index (χ4v) is 1.63. The van der Waals surface area contributed by atoms with E-state index in [1.807, 2.05) is 30.3 Å². The number of hydrogen-bond donors (Lipinski definition) is 2. The molecule has 0 amide bonds. The van der Waals surface area contributed by atoms with Gasteiger partial charge in [-0.2, -0.15) is 0 Å². The van der Waals surface area contributed by atoms with Gasteiger partial charge in [-0.15, -0.1) is 6.58 Å². The van der Waals surface area contributed by atoms with E-state index < -0.39 is 0 Å². The first-order chi connectivity index (χ1) is 7.67. The van der Waals surface area contributed by atoms with Gasteiger partial charge in [0.2, 0.25) is 0 Å². The topological polar surface area (TPSA) is 32.3 Å². The molecule has 0 heterocycles. The molecule has 0 spiro atoms. The Balaban J connectivity index is 2.61. The average molecular weight is 219 g/mol. The van der Waals surface area contributed by atoms with Crippen LogP contribution >= 0.6 is 0 Å². The first kappa shape index (κ1) is 12.8. The fraction of sp³-hybridized carbons (Fsp3) is 0.429. The Bertz CT molecular complexity index is 335. The maximum atomic E-state index is 9.05. The molecule has 88 valence electrons. The van der Waals surface area contributed by atoms with Crippen LogP contribution in [0.5, 0.6) is 0 Å². The zero-order valence-electron chi connectivity index (χ0n) is 10.1. The lowest BCUT2D eigenvalue weighted by molar-refractivity contribution is 0.282. The monoisotopic (exact) mass is 219 g/mol. The highest BCUT2D eigenvalue weighted by Crippen LogP contribution is 2.16. The molecule has 2 N–H and O–H groups in total. The smallest absolute Gasteiger partial charge is 0.0682 e. The molecule has 0 unspecified atom stereocenters. The van der Waals surface area contributed by atoms with Gasteiger partial charge in [0.25, 0.3) is 0 Å². The van der Waals surface area contributed by atoms with Crippen LogP contribution in [0.15, 0.2) is 36.9 Å². The summed E-state index contributed by atoms with van der Waals surface area (Å²) < 4.78 is 0. The molecule has 0 bridgehead atoms. The maximum absolute atomic E-state index is 9.05. The normalized spacial score (nSPS) is 14.2. The number of hydrogen-bond acceptors (Lipinski definition) is 2. The lowest BCUT2D eigenvalue weighted by Crippen LogP contribution is -2.23. The van der Waals surface area contributed by atoms with Crippen molar-refractivity contribution >= 4 is 5.69 Å². The van der Waals surface area contributed by atoms with Crippen LogP contribution in [0, 0.1) is 5.92 Å². The van der Waals surface area contributed by atoms with Crippen molar-refractivity contribution in [3.05, 3.63) is 42.5 Å². The van der Waals surface area contributed by atoms with E-state index in [-0.39, 0.29) is 6.61 Å². The quantitative estimate of drug-likeness (QED) is 0.720. The second kappa shape index (κ2) is 6.33. The van der Waals surface area contributed by atoms with E-state index in [1.165, 1.54) is 0 Å². The van der Waals surface area contributed by atoms with Gasteiger partial charge in [-0.25, -0.2) is 0 Å². The number of benzene rings is 1. The fourth-order valence-electron chi connectivity index (χ4n) is 1.63. The molecule has 1 aromatic rings. The third-order valence-electron chi connectivity index (χ3n) is 2.90. The number of aliphatic hydroxyl groups excluding tert-OH is 1. The molecule has 0 aromatic heterocycles. The van der Waals surface area contributed by atoms with Gasteiger partial charge >= 0.3 is 0 Å². The van der Waals surface area contributed by atoms with Crippen molar-refractivity contribution in [3.8, 4) is 0 Å². The number of aliphatic hydroxyl groups is 1. The number of nitrogens with one attached hydrogen (secondary N) is 1. The minimum absolute atomic E-state index is 0.0894. The summed E-state index contributed by atoms with van der Waals surface area (Å²) in [6, 6.07) is 8.28. The van der Waals surface area contributed by atoms with E-state index in [1.54, 1.807) is 0 Å². The Morgan fingerprint density at radius 3 is 2.81 bits per heavy atom. The molecule has 0 aliphatic carbocycles. The third kappa shape index (κ3) is 3.70. The summed E-state index contributed by atoms with van der Waals surface area (Å²) in [5, 5.41) is 12.5. The van der Waals surface area contributed by atoms with Crippen molar-refractivity contribution in [2.75, 3.05) is 5.32 Å². The number of rotatable bonds is 6. The molecular weight excluding hydrogens is 198 g/mol. The molecule has 0 saturated carbocycles. The lowest BCUT2D eigenvalue weighted by atomic mass is 9.99. The van der Waals surface area contributed by atoms with Crippen LogP contribution in [-0.2, 0) is 6.61 Å². The Morgan fingerprint density at radius 1 is 1.44 bits per heavy atom. The van der Waals surface area contributed by atoms with Crippen molar-refractivity contribution in [2.45, 2.75) is 32.9 Å². The minimum Gasteiger partial charge on any atom is -0.392 e. The first-order valence-electron chi connectivity index (χ1n) is 5.74. The van der Waals surface area contributed by atoms with E-state index in [4.69, 9.17) is 5.11 Å². The van der Waals surface area contributed by atoms with E-state index >= 15 is 0 Å². The maximum Gasteiger partial charge on any atom is 0.0682 e. The van der Waals surface area contributed by atoms with E-state index in [0.29, 0.717) is 12.0 Å². The summed E-state index contributed by atoms with van der Waals surface area (Å²) in [6.07, 6.45) is 2.96. The summed E-state index contributed by atoms with van der Waals surface area (Å²) in [4.78, 5) is 0. The van der Waals surface area contributed by atoms with Gasteiger partial charge in [0.1, 0.15) is 0 Å². The molecular formula is C14H21NO. The zero-order chi connectivity index (χ0) is 12.0. The Hall–Kier alpha value is -1.28. The van der Waals surface area contributed by atoms with Gasteiger partial charge in [-0.3, -0.25) is 0 Å². The lowest BCUT2D eigenvalue weighted by Gasteiger charge is -2.21. The summed E-state index contributed by atoms with van der Waals surface area (Å²) in [6.45, 7) is 8.22. The van der Waals surface area contributed by atoms with E-state index in [2.05, 4.69) is 25.7 Å². The van der Waals surface area contributed by atoms with Crippen molar-refractivity contribution in [1.29, 1.82) is 0 Å². The van der Waals surface area contributed by atoms with Crippen LogP contribution in [0.1, 0.15) is 25.8 Å². The molecule has 1 aromatic carbocycles. The molecule has 16 heavy (non-hydrogen) atoms. The van der Waals surface area contributed by atoms with Crippen molar-refractivity contribution < 1.29 is 5.11 Å². The predicted octanol–water partition coefficient (Wildman–Crippen LogP) is 3.19. The molecule has 0 aliphatic heterocycles. The molecule has 0 fully saturated rings. The number of anilines is 1. The van der Waals surface area contributed by atoms with Crippen molar-refractivity contribution in [1.82, 2.24) is 0 Å². The Morgan fingerprint density at radius 2 is 2.19 bits per heavy atom. The zero-order valence-corrected chi connectivity index (χ0v) is 10.1. The van der Waals surface area contributed by atoms with E-state index in [9.17, 15) is 0 Å². The summed E-state index contributed by atoms with van der Waals surface area (Å²) in [5.41, 5.74) is 2.00. The largest absolute Gasteiger partial charge is 0.392 e.